The number of H-pyrrole nitrogens is 1. The highest BCUT2D eigenvalue weighted by Gasteiger charge is 2.22. The van der Waals surface area contributed by atoms with E-state index in [1.807, 2.05) is 32.0 Å². The number of aromatic nitrogens is 1. The lowest BCUT2D eigenvalue weighted by Gasteiger charge is -2.19. The van der Waals surface area contributed by atoms with E-state index in [4.69, 9.17) is 0 Å². The summed E-state index contributed by atoms with van der Waals surface area (Å²) in [7, 11) is 1.58. The van der Waals surface area contributed by atoms with Crippen molar-refractivity contribution in [1.82, 2.24) is 15.6 Å². The van der Waals surface area contributed by atoms with Gasteiger partial charge in [-0.05, 0) is 24.5 Å². The zero-order valence-corrected chi connectivity index (χ0v) is 12.6. The number of benzene rings is 1. The van der Waals surface area contributed by atoms with Crippen LogP contribution < -0.4 is 10.6 Å². The lowest BCUT2D eigenvalue weighted by atomic mass is 10.0. The van der Waals surface area contributed by atoms with Crippen LogP contribution in [0.3, 0.4) is 0 Å². The van der Waals surface area contributed by atoms with Crippen molar-refractivity contribution >= 4 is 22.7 Å². The standard InChI is InChI=1S/C16H21N3O2/c1-10(2)9-13(16(21)17-3)19-15(20)12-6-4-5-11-7-8-18-14(11)12/h4-8,10,13,18H,9H2,1-3H3,(H,17,21)(H,19,20). The highest BCUT2D eigenvalue weighted by Crippen LogP contribution is 2.17. The van der Waals surface area contributed by atoms with Crippen LogP contribution in [-0.4, -0.2) is 29.9 Å². The van der Waals surface area contributed by atoms with Crippen LogP contribution in [0.25, 0.3) is 10.9 Å². The summed E-state index contributed by atoms with van der Waals surface area (Å²) in [5.41, 5.74) is 1.34. The first-order chi connectivity index (χ1) is 10.0. The summed E-state index contributed by atoms with van der Waals surface area (Å²) in [5.74, 6) is -0.0955. The normalized spacial score (nSPS) is 12.4. The SMILES string of the molecule is CNC(=O)C(CC(C)C)NC(=O)c1cccc2cc[nH]c12. The molecule has 0 spiro atoms. The molecule has 3 N–H and O–H groups in total. The summed E-state index contributed by atoms with van der Waals surface area (Å²) in [6.07, 6.45) is 2.40. The summed E-state index contributed by atoms with van der Waals surface area (Å²) in [6.45, 7) is 4.04. The second kappa shape index (κ2) is 6.43. The van der Waals surface area contributed by atoms with Gasteiger partial charge in [0, 0.05) is 18.6 Å². The Bertz CT molecular complexity index is 646. The molecule has 0 radical (unpaired) electrons. The minimum atomic E-state index is -0.521. The monoisotopic (exact) mass is 287 g/mol. The number of para-hydroxylation sites is 1. The average Bonchev–Trinajstić information content (AvgIpc) is 2.93. The molecule has 1 heterocycles. The first kappa shape index (κ1) is 15.1. The lowest BCUT2D eigenvalue weighted by Crippen LogP contribution is -2.46. The lowest BCUT2D eigenvalue weighted by molar-refractivity contribution is -0.122. The second-order valence-electron chi connectivity index (χ2n) is 5.52. The maximum atomic E-state index is 12.5. The quantitative estimate of drug-likeness (QED) is 0.787. The van der Waals surface area contributed by atoms with Crippen molar-refractivity contribution in [2.45, 2.75) is 26.3 Å². The Balaban J connectivity index is 2.22. The third-order valence-corrected chi connectivity index (χ3v) is 3.41. The van der Waals surface area contributed by atoms with Crippen molar-refractivity contribution in [2.75, 3.05) is 7.05 Å². The molecule has 0 saturated heterocycles. The number of fused-ring (bicyclic) bond motifs is 1. The number of carbonyl (C=O) groups is 2. The minimum absolute atomic E-state index is 0.171. The molecule has 2 aromatic rings. The van der Waals surface area contributed by atoms with Gasteiger partial charge in [-0.3, -0.25) is 9.59 Å². The van der Waals surface area contributed by atoms with Crippen molar-refractivity contribution in [1.29, 1.82) is 0 Å². The highest BCUT2D eigenvalue weighted by molar-refractivity contribution is 6.06. The van der Waals surface area contributed by atoms with Crippen molar-refractivity contribution in [3.8, 4) is 0 Å². The molecule has 1 aromatic heterocycles. The van der Waals surface area contributed by atoms with Crippen molar-refractivity contribution in [3.63, 3.8) is 0 Å². The third kappa shape index (κ3) is 3.42. The molecular weight excluding hydrogens is 266 g/mol. The Morgan fingerprint density at radius 1 is 1.24 bits per heavy atom. The number of rotatable bonds is 5. The molecule has 0 aliphatic carbocycles. The maximum Gasteiger partial charge on any atom is 0.254 e. The number of aromatic amines is 1. The number of hydrogen-bond donors (Lipinski definition) is 3. The van der Waals surface area contributed by atoms with Crippen LogP contribution in [0.15, 0.2) is 30.5 Å². The fraction of sp³-hybridized carbons (Fsp3) is 0.375. The van der Waals surface area contributed by atoms with E-state index in [1.54, 1.807) is 19.3 Å². The van der Waals surface area contributed by atoms with Gasteiger partial charge in [0.25, 0.3) is 5.91 Å². The van der Waals surface area contributed by atoms with Gasteiger partial charge in [-0.15, -0.1) is 0 Å². The molecule has 0 fully saturated rings. The minimum Gasteiger partial charge on any atom is -0.361 e. The van der Waals surface area contributed by atoms with E-state index in [-0.39, 0.29) is 11.8 Å². The second-order valence-corrected chi connectivity index (χ2v) is 5.52. The molecule has 1 unspecified atom stereocenters. The summed E-state index contributed by atoms with van der Waals surface area (Å²) in [6, 6.07) is 6.92. The molecule has 0 bridgehead atoms. The molecular formula is C16H21N3O2. The van der Waals surface area contributed by atoms with E-state index in [0.717, 1.165) is 10.9 Å². The molecule has 2 amide bonds. The van der Waals surface area contributed by atoms with E-state index >= 15 is 0 Å². The number of amides is 2. The maximum absolute atomic E-state index is 12.5. The zero-order chi connectivity index (χ0) is 15.4. The molecule has 21 heavy (non-hydrogen) atoms. The summed E-state index contributed by atoms with van der Waals surface area (Å²) >= 11 is 0. The predicted octanol–water partition coefficient (Wildman–Crippen LogP) is 2.06. The Kier molecular flexibility index (Phi) is 4.62. The Morgan fingerprint density at radius 3 is 2.67 bits per heavy atom. The van der Waals surface area contributed by atoms with Gasteiger partial charge >= 0.3 is 0 Å². The zero-order valence-electron chi connectivity index (χ0n) is 12.6. The van der Waals surface area contributed by atoms with Gasteiger partial charge in [-0.1, -0.05) is 26.0 Å². The van der Waals surface area contributed by atoms with Gasteiger partial charge in [0.05, 0.1) is 11.1 Å². The first-order valence-electron chi connectivity index (χ1n) is 7.11. The molecule has 1 aromatic carbocycles. The van der Waals surface area contributed by atoms with Crippen molar-refractivity contribution < 1.29 is 9.59 Å². The van der Waals surface area contributed by atoms with Crippen molar-refractivity contribution in [2.24, 2.45) is 5.92 Å². The fourth-order valence-corrected chi connectivity index (χ4v) is 2.39. The van der Waals surface area contributed by atoms with Crippen LogP contribution in [0.4, 0.5) is 0 Å². The van der Waals surface area contributed by atoms with Crippen LogP contribution in [0.1, 0.15) is 30.6 Å². The van der Waals surface area contributed by atoms with E-state index in [1.165, 1.54) is 0 Å². The summed E-state index contributed by atoms with van der Waals surface area (Å²) in [4.78, 5) is 27.4. The molecule has 1 atom stereocenters. The van der Waals surface area contributed by atoms with E-state index < -0.39 is 6.04 Å². The number of hydrogen-bond acceptors (Lipinski definition) is 2. The van der Waals surface area contributed by atoms with Gasteiger partial charge in [0.15, 0.2) is 0 Å². The van der Waals surface area contributed by atoms with Gasteiger partial charge < -0.3 is 15.6 Å². The van der Waals surface area contributed by atoms with Crippen molar-refractivity contribution in [3.05, 3.63) is 36.0 Å². The van der Waals surface area contributed by atoms with Gasteiger partial charge in [-0.25, -0.2) is 0 Å². The van der Waals surface area contributed by atoms with Crippen LogP contribution in [0.5, 0.6) is 0 Å². The Morgan fingerprint density at radius 2 is 2.00 bits per heavy atom. The fourth-order valence-electron chi connectivity index (χ4n) is 2.39. The molecule has 0 saturated carbocycles. The van der Waals surface area contributed by atoms with E-state index in [0.29, 0.717) is 17.9 Å². The van der Waals surface area contributed by atoms with Crippen LogP contribution in [0, 0.1) is 5.92 Å². The summed E-state index contributed by atoms with van der Waals surface area (Å²) in [5, 5.41) is 6.40. The molecule has 0 aliphatic heterocycles. The molecule has 5 nitrogen and oxygen atoms in total. The Labute approximate surface area is 124 Å². The van der Waals surface area contributed by atoms with E-state index in [9.17, 15) is 9.59 Å². The summed E-state index contributed by atoms with van der Waals surface area (Å²) < 4.78 is 0. The van der Waals surface area contributed by atoms with Crippen LogP contribution in [0.2, 0.25) is 0 Å². The number of likely N-dealkylation sites (N-methyl/N-ethyl adjacent to an activating group) is 1. The van der Waals surface area contributed by atoms with Crippen LogP contribution in [-0.2, 0) is 4.79 Å². The topological polar surface area (TPSA) is 74.0 Å². The highest BCUT2D eigenvalue weighted by atomic mass is 16.2. The first-order valence-corrected chi connectivity index (χ1v) is 7.11. The average molecular weight is 287 g/mol. The number of carbonyl (C=O) groups excluding carboxylic acids is 2. The van der Waals surface area contributed by atoms with E-state index in [2.05, 4.69) is 15.6 Å². The Hall–Kier alpha value is -2.30. The van der Waals surface area contributed by atoms with Crippen LogP contribution >= 0.6 is 0 Å². The number of nitrogens with one attached hydrogen (secondary N) is 3. The molecule has 112 valence electrons. The third-order valence-electron chi connectivity index (χ3n) is 3.41. The van der Waals surface area contributed by atoms with Gasteiger partial charge in [-0.2, -0.15) is 0 Å². The predicted molar refractivity (Wildman–Crippen MR) is 83.1 cm³/mol. The smallest absolute Gasteiger partial charge is 0.254 e. The van der Waals surface area contributed by atoms with Gasteiger partial charge in [0.1, 0.15) is 6.04 Å². The molecule has 5 heteroatoms. The molecule has 0 aliphatic rings. The van der Waals surface area contributed by atoms with Gasteiger partial charge in [0.2, 0.25) is 5.91 Å². The molecule has 2 rings (SSSR count). The largest absolute Gasteiger partial charge is 0.361 e.